The lowest BCUT2D eigenvalue weighted by molar-refractivity contribution is -0.531. The number of thioether (sulfide) groups is 1. The molecule has 1 aliphatic rings. The minimum absolute atomic E-state index is 0.618. The van der Waals surface area contributed by atoms with Gasteiger partial charge < -0.3 is 4.74 Å². The van der Waals surface area contributed by atoms with Crippen molar-refractivity contribution in [2.24, 2.45) is 0 Å². The molecule has 1 atom stereocenters. The first-order chi connectivity index (χ1) is 5.79. The molecule has 0 saturated carbocycles. The van der Waals surface area contributed by atoms with Crippen molar-refractivity contribution in [2.45, 2.75) is 25.8 Å². The normalized spacial score (nSPS) is 23.8. The van der Waals surface area contributed by atoms with Gasteiger partial charge in [0.15, 0.2) is 6.04 Å². The predicted molar refractivity (Wildman–Crippen MR) is 54.2 cm³/mol. The van der Waals surface area contributed by atoms with Crippen LogP contribution >= 0.6 is 11.8 Å². The molecular formula is C9H18NOS+. The van der Waals surface area contributed by atoms with Crippen molar-refractivity contribution in [3.63, 3.8) is 0 Å². The molecule has 70 valence electrons. The molecule has 0 saturated heterocycles. The SMILES string of the molecule is CCOCC1CCC(SC)=[N+]1C. The van der Waals surface area contributed by atoms with Crippen LogP contribution in [0.3, 0.4) is 0 Å². The quantitative estimate of drug-likeness (QED) is 0.624. The Hall–Kier alpha value is -0.0200. The molecule has 3 heteroatoms. The van der Waals surface area contributed by atoms with Crippen molar-refractivity contribution in [3.8, 4) is 0 Å². The third-order valence-electron chi connectivity index (χ3n) is 2.38. The van der Waals surface area contributed by atoms with E-state index in [4.69, 9.17) is 4.74 Å². The lowest BCUT2D eigenvalue weighted by Gasteiger charge is -2.06. The Labute approximate surface area is 79.0 Å². The summed E-state index contributed by atoms with van der Waals surface area (Å²) in [6.45, 7) is 3.77. The van der Waals surface area contributed by atoms with Crippen molar-refractivity contribution in [1.29, 1.82) is 0 Å². The van der Waals surface area contributed by atoms with Crippen LogP contribution in [0.15, 0.2) is 0 Å². The predicted octanol–water partition coefficient (Wildman–Crippen LogP) is 1.59. The van der Waals surface area contributed by atoms with E-state index in [9.17, 15) is 0 Å². The summed E-state index contributed by atoms with van der Waals surface area (Å²) >= 11 is 1.86. The molecule has 0 radical (unpaired) electrons. The van der Waals surface area contributed by atoms with Crippen LogP contribution in [-0.2, 0) is 4.74 Å². The number of hydrogen-bond donors (Lipinski definition) is 0. The van der Waals surface area contributed by atoms with Gasteiger partial charge in [-0.1, -0.05) is 11.8 Å². The van der Waals surface area contributed by atoms with Gasteiger partial charge in [0.2, 0.25) is 5.04 Å². The van der Waals surface area contributed by atoms with Crippen LogP contribution in [0.2, 0.25) is 0 Å². The molecule has 0 fully saturated rings. The maximum atomic E-state index is 5.42. The fraction of sp³-hybridized carbons (Fsp3) is 0.889. The van der Waals surface area contributed by atoms with Crippen LogP contribution in [0.4, 0.5) is 0 Å². The maximum Gasteiger partial charge on any atom is 0.210 e. The molecule has 0 aromatic heterocycles. The fourth-order valence-electron chi connectivity index (χ4n) is 1.56. The van der Waals surface area contributed by atoms with Gasteiger partial charge in [0.1, 0.15) is 13.7 Å². The molecule has 1 unspecified atom stereocenters. The van der Waals surface area contributed by atoms with Gasteiger partial charge in [0.05, 0.1) is 0 Å². The van der Waals surface area contributed by atoms with Gasteiger partial charge in [-0.3, -0.25) is 0 Å². The van der Waals surface area contributed by atoms with Crippen molar-refractivity contribution >= 4 is 16.8 Å². The first-order valence-corrected chi connectivity index (χ1v) is 5.72. The average Bonchev–Trinajstić information content (AvgIpc) is 2.43. The van der Waals surface area contributed by atoms with E-state index in [1.807, 2.05) is 18.7 Å². The Morgan fingerprint density at radius 1 is 1.67 bits per heavy atom. The minimum Gasteiger partial charge on any atom is -0.375 e. The Morgan fingerprint density at radius 2 is 2.42 bits per heavy atom. The number of likely N-dealkylation sites (N-methyl/N-ethyl adjacent to an activating group) is 1. The van der Waals surface area contributed by atoms with Gasteiger partial charge in [0, 0.05) is 19.4 Å². The van der Waals surface area contributed by atoms with Gasteiger partial charge in [-0.25, -0.2) is 4.58 Å². The summed E-state index contributed by atoms with van der Waals surface area (Å²) in [7, 11) is 2.17. The molecule has 0 aromatic carbocycles. The molecule has 0 bridgehead atoms. The molecule has 0 aliphatic carbocycles. The number of rotatable bonds is 3. The third-order valence-corrected chi connectivity index (χ3v) is 3.35. The summed E-state index contributed by atoms with van der Waals surface area (Å²) in [6, 6.07) is 0.618. The molecule has 0 aromatic rings. The van der Waals surface area contributed by atoms with Crippen LogP contribution in [0.5, 0.6) is 0 Å². The lowest BCUT2D eigenvalue weighted by Crippen LogP contribution is -2.25. The fourth-order valence-corrected chi connectivity index (χ4v) is 2.32. The Morgan fingerprint density at radius 3 is 2.92 bits per heavy atom. The zero-order valence-corrected chi connectivity index (χ0v) is 8.99. The van der Waals surface area contributed by atoms with Crippen LogP contribution in [0.1, 0.15) is 19.8 Å². The van der Waals surface area contributed by atoms with Crippen molar-refractivity contribution < 1.29 is 9.31 Å². The second-order valence-electron chi connectivity index (χ2n) is 3.06. The van der Waals surface area contributed by atoms with E-state index in [1.165, 1.54) is 17.9 Å². The monoisotopic (exact) mass is 188 g/mol. The van der Waals surface area contributed by atoms with Crippen LogP contribution in [-0.4, -0.2) is 42.2 Å². The highest BCUT2D eigenvalue weighted by molar-refractivity contribution is 8.13. The molecule has 2 nitrogen and oxygen atoms in total. The summed E-state index contributed by atoms with van der Waals surface area (Å²) in [4.78, 5) is 0. The highest BCUT2D eigenvalue weighted by Gasteiger charge is 2.29. The smallest absolute Gasteiger partial charge is 0.210 e. The highest BCUT2D eigenvalue weighted by Crippen LogP contribution is 2.17. The molecule has 1 aliphatic heterocycles. The van der Waals surface area contributed by atoms with Crippen LogP contribution < -0.4 is 0 Å². The van der Waals surface area contributed by atoms with E-state index >= 15 is 0 Å². The van der Waals surface area contributed by atoms with Crippen LogP contribution in [0, 0.1) is 0 Å². The van der Waals surface area contributed by atoms with E-state index in [-0.39, 0.29) is 0 Å². The molecule has 0 N–H and O–H groups in total. The van der Waals surface area contributed by atoms with E-state index in [0.717, 1.165) is 13.2 Å². The Balaban J connectivity index is 2.43. The zero-order valence-electron chi connectivity index (χ0n) is 8.17. The zero-order chi connectivity index (χ0) is 8.97. The van der Waals surface area contributed by atoms with E-state index in [1.54, 1.807) is 0 Å². The first-order valence-electron chi connectivity index (χ1n) is 4.50. The third kappa shape index (κ3) is 2.23. The molecule has 1 rings (SSSR count). The number of nitrogens with zero attached hydrogens (tertiary/aromatic N) is 1. The second-order valence-corrected chi connectivity index (χ2v) is 3.94. The van der Waals surface area contributed by atoms with Crippen molar-refractivity contribution in [1.82, 2.24) is 0 Å². The van der Waals surface area contributed by atoms with Gasteiger partial charge in [-0.15, -0.1) is 0 Å². The number of ether oxygens (including phenoxy) is 1. The Kier molecular flexibility index (Phi) is 4.09. The largest absolute Gasteiger partial charge is 0.375 e. The first kappa shape index (κ1) is 10.1. The summed E-state index contributed by atoms with van der Waals surface area (Å²) in [5.74, 6) is 0. The number of hydrogen-bond acceptors (Lipinski definition) is 2. The van der Waals surface area contributed by atoms with Crippen molar-refractivity contribution in [2.75, 3.05) is 26.5 Å². The standard InChI is InChI=1S/C9H18NOS/c1-4-11-7-8-5-6-9(12-3)10(8)2/h8H,4-7H2,1-3H3/q+1. The summed E-state index contributed by atoms with van der Waals surface area (Å²) in [6.07, 6.45) is 4.64. The summed E-state index contributed by atoms with van der Waals surface area (Å²) < 4.78 is 7.78. The topological polar surface area (TPSA) is 12.2 Å². The van der Waals surface area contributed by atoms with Gasteiger partial charge >= 0.3 is 0 Å². The maximum absolute atomic E-state index is 5.42. The lowest BCUT2D eigenvalue weighted by atomic mass is 10.2. The second kappa shape index (κ2) is 4.87. The average molecular weight is 188 g/mol. The summed E-state index contributed by atoms with van der Waals surface area (Å²) in [5, 5.41) is 1.50. The molecule has 0 spiro atoms. The van der Waals surface area contributed by atoms with Gasteiger partial charge in [-0.2, -0.15) is 0 Å². The Bertz CT molecular complexity index is 179. The van der Waals surface area contributed by atoms with Gasteiger partial charge in [-0.05, 0) is 13.2 Å². The van der Waals surface area contributed by atoms with Gasteiger partial charge in [0.25, 0.3) is 0 Å². The molecule has 1 heterocycles. The van der Waals surface area contributed by atoms with E-state index in [0.29, 0.717) is 6.04 Å². The van der Waals surface area contributed by atoms with E-state index < -0.39 is 0 Å². The molecule has 12 heavy (non-hydrogen) atoms. The van der Waals surface area contributed by atoms with E-state index in [2.05, 4.69) is 17.9 Å². The summed E-state index contributed by atoms with van der Waals surface area (Å²) in [5.41, 5.74) is 0. The highest BCUT2D eigenvalue weighted by atomic mass is 32.2. The minimum atomic E-state index is 0.618. The molecular weight excluding hydrogens is 170 g/mol. The molecule has 0 amide bonds. The van der Waals surface area contributed by atoms with Crippen molar-refractivity contribution in [3.05, 3.63) is 0 Å². The van der Waals surface area contributed by atoms with Crippen LogP contribution in [0.25, 0.3) is 0 Å².